The highest BCUT2D eigenvalue weighted by Gasteiger charge is 2.29. The molecule has 9 aromatic rings. The van der Waals surface area contributed by atoms with Gasteiger partial charge >= 0.3 is 17.9 Å². The van der Waals surface area contributed by atoms with Crippen molar-refractivity contribution in [3.05, 3.63) is 193 Å². The summed E-state index contributed by atoms with van der Waals surface area (Å²) in [5, 5.41) is 15.4. The number of benzene rings is 2. The van der Waals surface area contributed by atoms with E-state index in [0.29, 0.717) is 77.2 Å². The minimum Gasteiger partial charge on any atom is -0.481 e. The lowest BCUT2D eigenvalue weighted by atomic mass is 10.0. The van der Waals surface area contributed by atoms with Crippen LogP contribution in [-0.4, -0.2) is 99.9 Å². The summed E-state index contributed by atoms with van der Waals surface area (Å²) in [6, 6.07) is 24.6. The maximum absolute atomic E-state index is 13.5. The van der Waals surface area contributed by atoms with Gasteiger partial charge in [-0.1, -0.05) is 24.3 Å². The van der Waals surface area contributed by atoms with Crippen LogP contribution in [0.25, 0.3) is 33.4 Å². The number of hydrogen-bond acceptors (Lipinski definition) is 20. The highest BCUT2D eigenvalue weighted by molar-refractivity contribution is 7.15. The molecule has 0 aliphatic rings. The van der Waals surface area contributed by atoms with Crippen molar-refractivity contribution in [1.29, 1.82) is 0 Å². The number of ether oxygens (including phenoxy) is 6. The first-order valence-electron chi connectivity index (χ1n) is 26.6. The van der Waals surface area contributed by atoms with Gasteiger partial charge in [0.05, 0.1) is 39.6 Å². The van der Waals surface area contributed by atoms with E-state index in [-0.39, 0.29) is 46.9 Å². The Labute approximate surface area is 518 Å². The van der Waals surface area contributed by atoms with Gasteiger partial charge in [0.1, 0.15) is 33.4 Å². The molecule has 2 aromatic carbocycles. The molecule has 18 nitrogen and oxygen atoms in total. The normalized spacial score (nSPS) is 10.8. The molecule has 0 atom stereocenters. The highest BCUT2D eigenvalue weighted by Crippen LogP contribution is 2.37. The molecule has 7 heterocycles. The summed E-state index contributed by atoms with van der Waals surface area (Å²) in [7, 11) is 6.10. The van der Waals surface area contributed by atoms with Crippen LogP contribution >= 0.6 is 34.0 Å². The second-order valence-corrected chi connectivity index (χ2v) is 23.6. The zero-order valence-electron chi connectivity index (χ0n) is 49.9. The SMILES string of the molecule is COc1ccc(-c2csc(CC(=O)c3cccc(F)c3)c2C(=O)O)cn1.COc1ccc(-c2csc(CC(=O)c3cccc(F)c3)c2C(=O)OC(C)(C)C)cn1.COc1ccc(-c2csc(N)c2C(=O)OC(C)(C)C)cn1.COc1ccc(C(C)=O)cn1. The van der Waals surface area contributed by atoms with E-state index in [1.165, 1.54) is 111 Å². The molecule has 0 spiro atoms. The third-order valence-corrected chi connectivity index (χ3v) is 14.8. The van der Waals surface area contributed by atoms with E-state index < -0.39 is 40.7 Å². The molecule has 7 aromatic heterocycles. The molecule has 0 aliphatic carbocycles. The largest absolute Gasteiger partial charge is 0.481 e. The lowest BCUT2D eigenvalue weighted by molar-refractivity contribution is 0.00583. The Morgan fingerprint density at radius 3 is 1.19 bits per heavy atom. The van der Waals surface area contributed by atoms with Gasteiger partial charge in [-0.05, 0) is 108 Å². The molecule has 458 valence electrons. The zero-order valence-corrected chi connectivity index (χ0v) is 52.3. The first-order valence-corrected chi connectivity index (χ1v) is 29.2. The number of carbonyl (C=O) groups is 6. The molecule has 0 unspecified atom stereocenters. The van der Waals surface area contributed by atoms with E-state index in [1.807, 2.05) is 32.2 Å². The topological polar surface area (TPSA) is 256 Å². The molecule has 9 rings (SSSR count). The van der Waals surface area contributed by atoms with Gasteiger partial charge in [0.15, 0.2) is 17.3 Å². The number of nitrogen functional groups attached to an aromatic ring is 1. The van der Waals surface area contributed by atoms with Crippen LogP contribution in [0.2, 0.25) is 0 Å². The monoisotopic (exact) mass is 1260 g/mol. The van der Waals surface area contributed by atoms with Crippen LogP contribution < -0.4 is 24.7 Å². The number of thiophene rings is 3. The number of nitrogens with two attached hydrogens (primary N) is 1. The van der Waals surface area contributed by atoms with Gasteiger partial charge in [-0.2, -0.15) is 0 Å². The van der Waals surface area contributed by atoms with Gasteiger partial charge < -0.3 is 39.3 Å². The van der Waals surface area contributed by atoms with Crippen LogP contribution in [0.1, 0.15) is 120 Å². The second-order valence-electron chi connectivity index (χ2n) is 20.7. The van der Waals surface area contributed by atoms with Gasteiger partial charge in [0.2, 0.25) is 23.5 Å². The number of pyridine rings is 4. The van der Waals surface area contributed by atoms with Gasteiger partial charge in [0, 0.05) is 127 Å². The molecular weight excluding hydrogens is 1190 g/mol. The lowest BCUT2D eigenvalue weighted by Gasteiger charge is -2.20. The Morgan fingerprint density at radius 2 is 0.852 bits per heavy atom. The van der Waals surface area contributed by atoms with Crippen LogP contribution in [0, 0.1) is 11.6 Å². The van der Waals surface area contributed by atoms with Gasteiger partial charge in [-0.3, -0.25) is 14.4 Å². The number of anilines is 1. The minimum atomic E-state index is -1.13. The fraction of sp³-hybridized carbons (Fsp3) is 0.231. The molecule has 0 aliphatic heterocycles. The number of halogens is 2. The van der Waals surface area contributed by atoms with Crippen molar-refractivity contribution < 1.29 is 71.1 Å². The molecule has 0 saturated heterocycles. The first kappa shape index (κ1) is 67.5. The van der Waals surface area contributed by atoms with Crippen molar-refractivity contribution in [1.82, 2.24) is 19.9 Å². The summed E-state index contributed by atoms with van der Waals surface area (Å²) >= 11 is 3.78. The summed E-state index contributed by atoms with van der Waals surface area (Å²) in [5.41, 5.74) is 10.5. The Balaban J connectivity index is 0.000000196. The number of methoxy groups -OCH3 is 4. The Hall–Kier alpha value is -9.58. The van der Waals surface area contributed by atoms with Gasteiger partial charge in [0.25, 0.3) is 0 Å². The molecule has 88 heavy (non-hydrogen) atoms. The number of aromatic nitrogens is 4. The average molecular weight is 1260 g/mol. The van der Waals surface area contributed by atoms with Crippen LogP contribution in [0.15, 0.2) is 138 Å². The van der Waals surface area contributed by atoms with E-state index in [9.17, 15) is 42.7 Å². The Morgan fingerprint density at radius 1 is 0.489 bits per heavy atom. The van der Waals surface area contributed by atoms with Crippen molar-refractivity contribution in [2.45, 2.75) is 72.5 Å². The van der Waals surface area contributed by atoms with Gasteiger partial charge in [-0.15, -0.1) is 34.0 Å². The van der Waals surface area contributed by atoms with Crippen molar-refractivity contribution in [2.75, 3.05) is 34.2 Å². The van der Waals surface area contributed by atoms with Crippen molar-refractivity contribution in [3.8, 4) is 56.9 Å². The lowest BCUT2D eigenvalue weighted by Crippen LogP contribution is -2.24. The summed E-state index contributed by atoms with van der Waals surface area (Å²) < 4.78 is 57.8. The third kappa shape index (κ3) is 19.0. The summed E-state index contributed by atoms with van der Waals surface area (Å²) in [6.07, 6.45) is 6.12. The standard InChI is InChI=1S/C23H22FNO4S.C19H14FNO4S.C15H18N2O3S.C8H9NO2/c1-23(2,3)29-22(27)21-17(15-8-9-20(28-4)25-12-15)13-30-19(21)11-18(26)14-6-5-7-16(24)10-14;1-25-17-6-5-12(9-21-17)14-10-26-16(18(14)19(23)24)8-15(22)11-3-2-4-13(20)7-11;1-15(2,3)20-14(18)12-10(8-21-13(12)16)9-5-6-11(19-4)17-7-9;1-6(10)7-3-4-8(11-2)9-5-7/h5-10,12-13H,11H2,1-4H3;2-7,9-10H,8H2,1H3,(H,23,24);5-8H,16H2,1-4H3;3-5H,1-2H3. The predicted molar refractivity (Wildman–Crippen MR) is 334 cm³/mol. The Bertz CT molecular complexity index is 3890. The maximum atomic E-state index is 13.5. The van der Waals surface area contributed by atoms with E-state index >= 15 is 0 Å². The third-order valence-electron chi connectivity index (χ3n) is 12.0. The summed E-state index contributed by atoms with van der Waals surface area (Å²) in [6.45, 7) is 12.3. The first-order chi connectivity index (χ1) is 41.7. The number of carboxylic acid groups (broad SMARTS) is 1. The number of carbonyl (C=O) groups excluding carboxylic acids is 5. The van der Waals surface area contributed by atoms with E-state index in [4.69, 9.17) is 34.2 Å². The fourth-order valence-corrected chi connectivity index (χ4v) is 10.8. The van der Waals surface area contributed by atoms with E-state index in [1.54, 1.807) is 99.6 Å². The van der Waals surface area contributed by atoms with Crippen LogP contribution in [0.3, 0.4) is 0 Å². The molecule has 0 fully saturated rings. The van der Waals surface area contributed by atoms with E-state index in [0.717, 1.165) is 17.2 Å². The zero-order chi connectivity index (χ0) is 64.5. The van der Waals surface area contributed by atoms with E-state index in [2.05, 4.69) is 19.9 Å². The van der Waals surface area contributed by atoms with Gasteiger partial charge in [-0.25, -0.2) is 43.1 Å². The maximum Gasteiger partial charge on any atom is 0.342 e. The molecular formula is C65H63F2N5O13S3. The highest BCUT2D eigenvalue weighted by atomic mass is 32.1. The summed E-state index contributed by atoms with van der Waals surface area (Å²) in [4.78, 5) is 90.2. The van der Waals surface area contributed by atoms with Crippen molar-refractivity contribution in [2.24, 2.45) is 0 Å². The molecule has 3 N–H and O–H groups in total. The number of hydrogen-bond donors (Lipinski definition) is 2. The average Bonchev–Trinajstić information content (AvgIpc) is 2.56. The number of ketones is 3. The molecule has 0 amide bonds. The number of aromatic carboxylic acids is 1. The second kappa shape index (κ2) is 30.7. The Kier molecular flexibility index (Phi) is 23.5. The molecule has 0 bridgehead atoms. The number of Topliss-reactive ketones (excluding diaryl/α,β-unsaturated/α-hetero) is 3. The fourth-order valence-electron chi connectivity index (χ4n) is 7.90. The number of esters is 2. The van der Waals surface area contributed by atoms with Crippen LogP contribution in [-0.2, 0) is 22.3 Å². The number of carboxylic acids is 1. The predicted octanol–water partition coefficient (Wildman–Crippen LogP) is 14.1. The summed E-state index contributed by atoms with van der Waals surface area (Å²) in [5.74, 6) is -1.75. The minimum absolute atomic E-state index is 0.0140. The quantitative estimate of drug-likeness (QED) is 0.0634. The molecule has 0 radical (unpaired) electrons. The number of nitrogens with zero attached hydrogens (tertiary/aromatic N) is 4. The smallest absolute Gasteiger partial charge is 0.342 e. The van der Waals surface area contributed by atoms with Crippen molar-refractivity contribution in [3.63, 3.8) is 0 Å². The molecule has 0 saturated carbocycles. The van der Waals surface area contributed by atoms with Crippen molar-refractivity contribution >= 4 is 74.3 Å². The number of rotatable bonds is 17. The van der Waals surface area contributed by atoms with Crippen LogP contribution in [0.4, 0.5) is 13.8 Å². The van der Waals surface area contributed by atoms with Crippen LogP contribution in [0.5, 0.6) is 23.5 Å². The molecule has 23 heteroatoms.